The molecule has 0 atom stereocenters. The van der Waals surface area contributed by atoms with Crippen molar-refractivity contribution < 1.29 is 0 Å². The molecular weight excluding hydrogens is 268 g/mol. The SMILES string of the molecule is CC(C)CSCCCN=C(N)NCCc1ccccn1. The monoisotopic (exact) mass is 294 g/mol. The van der Waals surface area contributed by atoms with Gasteiger partial charge < -0.3 is 11.1 Å². The lowest BCUT2D eigenvalue weighted by Crippen LogP contribution is -2.33. The van der Waals surface area contributed by atoms with E-state index in [9.17, 15) is 0 Å². The summed E-state index contributed by atoms with van der Waals surface area (Å²) in [6.45, 7) is 6.06. The number of aliphatic imine (C=N–C) groups is 1. The van der Waals surface area contributed by atoms with Crippen LogP contribution in [0.4, 0.5) is 0 Å². The average molecular weight is 294 g/mol. The van der Waals surface area contributed by atoms with Crippen LogP contribution in [0.2, 0.25) is 0 Å². The van der Waals surface area contributed by atoms with Crippen LogP contribution in [0.15, 0.2) is 29.4 Å². The molecule has 1 aromatic rings. The summed E-state index contributed by atoms with van der Waals surface area (Å²) in [5.74, 6) is 3.68. The van der Waals surface area contributed by atoms with Gasteiger partial charge in [0.2, 0.25) is 0 Å². The van der Waals surface area contributed by atoms with Crippen LogP contribution in [-0.4, -0.2) is 35.5 Å². The Morgan fingerprint density at radius 3 is 3.00 bits per heavy atom. The number of aromatic nitrogens is 1. The second-order valence-corrected chi connectivity index (χ2v) is 6.24. The molecule has 112 valence electrons. The first-order chi connectivity index (χ1) is 9.68. The lowest BCUT2D eigenvalue weighted by Gasteiger charge is -2.06. The highest BCUT2D eigenvalue weighted by Gasteiger charge is 1.96. The molecular formula is C15H26N4S. The molecule has 0 aliphatic carbocycles. The van der Waals surface area contributed by atoms with Gasteiger partial charge in [0, 0.05) is 31.4 Å². The van der Waals surface area contributed by atoms with Crippen LogP contribution in [0.25, 0.3) is 0 Å². The van der Waals surface area contributed by atoms with Crippen LogP contribution in [-0.2, 0) is 6.42 Å². The summed E-state index contributed by atoms with van der Waals surface area (Å²) < 4.78 is 0. The highest BCUT2D eigenvalue weighted by atomic mass is 32.2. The summed E-state index contributed by atoms with van der Waals surface area (Å²) in [6.07, 6.45) is 3.75. The predicted molar refractivity (Wildman–Crippen MR) is 89.2 cm³/mol. The molecule has 0 aliphatic heterocycles. The molecule has 0 bridgehead atoms. The van der Waals surface area contributed by atoms with Crippen LogP contribution in [0.5, 0.6) is 0 Å². The largest absolute Gasteiger partial charge is 0.370 e. The minimum absolute atomic E-state index is 0.537. The first kappa shape index (κ1) is 16.8. The van der Waals surface area contributed by atoms with E-state index in [1.165, 1.54) is 5.75 Å². The van der Waals surface area contributed by atoms with Crippen molar-refractivity contribution in [2.45, 2.75) is 26.7 Å². The lowest BCUT2D eigenvalue weighted by atomic mass is 10.3. The van der Waals surface area contributed by atoms with E-state index in [1.807, 2.05) is 36.2 Å². The van der Waals surface area contributed by atoms with Crippen molar-refractivity contribution in [3.05, 3.63) is 30.1 Å². The van der Waals surface area contributed by atoms with Gasteiger partial charge in [-0.2, -0.15) is 11.8 Å². The lowest BCUT2D eigenvalue weighted by molar-refractivity contribution is 0.749. The molecule has 0 saturated heterocycles. The number of rotatable bonds is 9. The Labute approximate surface area is 126 Å². The minimum Gasteiger partial charge on any atom is -0.370 e. The summed E-state index contributed by atoms with van der Waals surface area (Å²) in [4.78, 5) is 8.58. The minimum atomic E-state index is 0.537. The zero-order chi connectivity index (χ0) is 14.6. The quantitative estimate of drug-likeness (QED) is 0.417. The van der Waals surface area contributed by atoms with Crippen LogP contribution in [0.1, 0.15) is 26.0 Å². The van der Waals surface area contributed by atoms with Gasteiger partial charge in [-0.15, -0.1) is 0 Å². The fraction of sp³-hybridized carbons (Fsp3) is 0.600. The predicted octanol–water partition coefficient (Wildman–Crippen LogP) is 2.31. The molecule has 0 aliphatic rings. The highest BCUT2D eigenvalue weighted by Crippen LogP contribution is 2.08. The molecule has 0 radical (unpaired) electrons. The first-order valence-electron chi connectivity index (χ1n) is 7.20. The zero-order valence-corrected chi connectivity index (χ0v) is 13.3. The molecule has 1 rings (SSSR count). The number of hydrogen-bond acceptors (Lipinski definition) is 3. The van der Waals surface area contributed by atoms with Gasteiger partial charge in [0.05, 0.1) is 0 Å². The van der Waals surface area contributed by atoms with E-state index in [-0.39, 0.29) is 0 Å². The summed E-state index contributed by atoms with van der Waals surface area (Å²) in [5, 5.41) is 3.12. The Bertz CT molecular complexity index is 379. The summed E-state index contributed by atoms with van der Waals surface area (Å²) in [6, 6.07) is 5.93. The zero-order valence-electron chi connectivity index (χ0n) is 12.5. The molecule has 0 unspecified atom stereocenters. The molecule has 20 heavy (non-hydrogen) atoms. The second kappa shape index (κ2) is 10.5. The molecule has 5 heteroatoms. The van der Waals surface area contributed by atoms with Crippen molar-refractivity contribution in [1.82, 2.24) is 10.3 Å². The molecule has 4 nitrogen and oxygen atoms in total. The molecule has 0 amide bonds. The molecule has 3 N–H and O–H groups in total. The molecule has 1 aromatic heterocycles. The Hall–Kier alpha value is -1.23. The smallest absolute Gasteiger partial charge is 0.188 e. The van der Waals surface area contributed by atoms with Crippen LogP contribution in [0, 0.1) is 5.92 Å². The number of nitrogens with two attached hydrogens (primary N) is 1. The molecule has 0 spiro atoms. The van der Waals surface area contributed by atoms with E-state index < -0.39 is 0 Å². The van der Waals surface area contributed by atoms with E-state index in [1.54, 1.807) is 0 Å². The fourth-order valence-corrected chi connectivity index (χ4v) is 2.58. The van der Waals surface area contributed by atoms with Gasteiger partial charge >= 0.3 is 0 Å². The fourth-order valence-electron chi connectivity index (χ4n) is 1.61. The molecule has 0 fully saturated rings. The molecule has 0 saturated carbocycles. The number of pyridine rings is 1. The number of nitrogens with zero attached hydrogens (tertiary/aromatic N) is 2. The van der Waals surface area contributed by atoms with E-state index in [0.717, 1.165) is 43.3 Å². The third-order valence-corrected chi connectivity index (χ3v) is 4.07. The average Bonchev–Trinajstić information content (AvgIpc) is 2.43. The van der Waals surface area contributed by atoms with Gasteiger partial charge in [-0.25, -0.2) is 0 Å². The Morgan fingerprint density at radius 2 is 2.30 bits per heavy atom. The number of hydrogen-bond donors (Lipinski definition) is 2. The van der Waals surface area contributed by atoms with E-state index in [4.69, 9.17) is 5.73 Å². The maximum Gasteiger partial charge on any atom is 0.188 e. The van der Waals surface area contributed by atoms with Crippen LogP contribution >= 0.6 is 11.8 Å². The number of nitrogens with one attached hydrogen (secondary N) is 1. The maximum atomic E-state index is 5.81. The third-order valence-electron chi connectivity index (χ3n) is 2.59. The number of guanidine groups is 1. The van der Waals surface area contributed by atoms with E-state index in [2.05, 4.69) is 29.1 Å². The first-order valence-corrected chi connectivity index (χ1v) is 8.35. The molecule has 1 heterocycles. The van der Waals surface area contributed by atoms with Gasteiger partial charge in [0.1, 0.15) is 0 Å². The van der Waals surface area contributed by atoms with Gasteiger partial charge in [-0.05, 0) is 36.0 Å². The Balaban J connectivity index is 2.04. The van der Waals surface area contributed by atoms with E-state index >= 15 is 0 Å². The summed E-state index contributed by atoms with van der Waals surface area (Å²) in [7, 11) is 0. The van der Waals surface area contributed by atoms with Gasteiger partial charge in [0.15, 0.2) is 5.96 Å². The standard InChI is InChI=1S/C15H26N4S/c1-13(2)12-20-11-5-9-18-15(16)19-10-7-14-6-3-4-8-17-14/h3-4,6,8,13H,5,7,9-12H2,1-2H3,(H3,16,18,19). The second-order valence-electron chi connectivity index (χ2n) is 5.09. The molecule has 0 aromatic carbocycles. The van der Waals surface area contributed by atoms with Gasteiger partial charge in [-0.3, -0.25) is 9.98 Å². The summed E-state index contributed by atoms with van der Waals surface area (Å²) >= 11 is 1.99. The van der Waals surface area contributed by atoms with Crippen molar-refractivity contribution in [2.75, 3.05) is 24.6 Å². The Kier molecular flexibility index (Phi) is 8.87. The van der Waals surface area contributed by atoms with Crippen molar-refractivity contribution in [3.8, 4) is 0 Å². The maximum absolute atomic E-state index is 5.81. The number of thioether (sulfide) groups is 1. The van der Waals surface area contributed by atoms with Gasteiger partial charge in [-0.1, -0.05) is 19.9 Å². The highest BCUT2D eigenvalue weighted by molar-refractivity contribution is 7.99. The van der Waals surface area contributed by atoms with Crippen LogP contribution < -0.4 is 11.1 Å². The van der Waals surface area contributed by atoms with Crippen molar-refractivity contribution in [2.24, 2.45) is 16.6 Å². The topological polar surface area (TPSA) is 63.3 Å². The Morgan fingerprint density at radius 1 is 1.45 bits per heavy atom. The van der Waals surface area contributed by atoms with Gasteiger partial charge in [0.25, 0.3) is 0 Å². The van der Waals surface area contributed by atoms with Crippen molar-refractivity contribution >= 4 is 17.7 Å². The van der Waals surface area contributed by atoms with Crippen molar-refractivity contribution in [1.29, 1.82) is 0 Å². The van der Waals surface area contributed by atoms with E-state index in [0.29, 0.717) is 5.96 Å². The third kappa shape index (κ3) is 8.80. The normalized spacial score (nSPS) is 11.8. The van der Waals surface area contributed by atoms with Crippen LogP contribution in [0.3, 0.4) is 0 Å². The van der Waals surface area contributed by atoms with Crippen molar-refractivity contribution in [3.63, 3.8) is 0 Å². The summed E-state index contributed by atoms with van der Waals surface area (Å²) in [5.41, 5.74) is 6.88.